The van der Waals surface area contributed by atoms with Gasteiger partial charge in [0, 0.05) is 44.2 Å². The van der Waals surface area contributed by atoms with Crippen molar-refractivity contribution >= 4 is 34.7 Å². The molecule has 10 heteroatoms. The second-order valence-electron chi connectivity index (χ2n) is 8.62. The molecule has 178 valence electrons. The van der Waals surface area contributed by atoms with E-state index in [1.165, 1.54) is 17.9 Å². The van der Waals surface area contributed by atoms with Gasteiger partial charge in [-0.1, -0.05) is 6.07 Å². The Balaban J connectivity index is 1.41. The van der Waals surface area contributed by atoms with Gasteiger partial charge in [-0.2, -0.15) is 5.26 Å². The largest absolute Gasteiger partial charge is 0.442 e. The number of halogens is 1. The van der Waals surface area contributed by atoms with E-state index < -0.39 is 23.6 Å². The van der Waals surface area contributed by atoms with E-state index in [2.05, 4.69) is 16.7 Å². The molecule has 0 radical (unpaired) electrons. The van der Waals surface area contributed by atoms with Crippen LogP contribution < -0.4 is 26.2 Å². The summed E-state index contributed by atoms with van der Waals surface area (Å²) in [5.41, 5.74) is 7.28. The monoisotopic (exact) mass is 466 g/mol. The summed E-state index contributed by atoms with van der Waals surface area (Å²) >= 11 is 0. The fourth-order valence-electron chi connectivity index (χ4n) is 4.30. The van der Waals surface area contributed by atoms with Gasteiger partial charge in [0.1, 0.15) is 17.5 Å². The predicted octanol–water partition coefficient (Wildman–Crippen LogP) is 2.84. The first-order valence-corrected chi connectivity index (χ1v) is 11.1. The highest BCUT2D eigenvalue weighted by Gasteiger charge is 2.36. The van der Waals surface area contributed by atoms with Gasteiger partial charge in [-0.3, -0.25) is 9.69 Å². The van der Waals surface area contributed by atoms with Gasteiger partial charge in [-0.15, -0.1) is 0 Å². The number of hydrogen-bond donors (Lipinski definition) is 3. The fourth-order valence-corrected chi connectivity index (χ4v) is 4.30. The van der Waals surface area contributed by atoms with Crippen LogP contribution in [0, 0.1) is 17.1 Å². The van der Waals surface area contributed by atoms with Crippen molar-refractivity contribution in [1.29, 1.82) is 5.26 Å². The van der Waals surface area contributed by atoms with Crippen LogP contribution in [0.1, 0.15) is 19.8 Å². The van der Waals surface area contributed by atoms with Crippen molar-refractivity contribution in [3.63, 3.8) is 0 Å². The molecule has 2 fully saturated rings. The molecule has 2 aliphatic rings. The maximum atomic E-state index is 15.1. The number of nitrogens with zero attached hydrogens (tertiary/aromatic N) is 3. The summed E-state index contributed by atoms with van der Waals surface area (Å²) in [6, 6.07) is 14.3. The number of carbonyl (C=O) groups is 2. The van der Waals surface area contributed by atoms with Crippen molar-refractivity contribution in [1.82, 2.24) is 5.32 Å². The number of nitrogens with one attached hydrogen (secondary N) is 2. The first-order valence-electron chi connectivity index (χ1n) is 11.1. The molecule has 1 atom stereocenters. The molecule has 2 heterocycles. The molecule has 0 aliphatic carbocycles. The Morgan fingerprint density at radius 3 is 2.71 bits per heavy atom. The van der Waals surface area contributed by atoms with Gasteiger partial charge in [0.15, 0.2) is 0 Å². The number of anilines is 4. The molecule has 4 rings (SSSR count). The number of nitriles is 1. The number of rotatable bonds is 6. The fraction of sp³-hybridized carbons (Fsp3) is 0.375. The molecule has 0 aromatic heterocycles. The quantitative estimate of drug-likeness (QED) is 0.559. The Hall–Kier alpha value is -4.00. The minimum Gasteiger partial charge on any atom is -0.442 e. The van der Waals surface area contributed by atoms with Crippen LogP contribution in [0.25, 0.3) is 0 Å². The Kier molecular flexibility index (Phi) is 6.45. The van der Waals surface area contributed by atoms with Crippen LogP contribution in [-0.4, -0.2) is 49.8 Å². The average Bonchev–Trinajstić information content (AvgIpc) is 3.19. The van der Waals surface area contributed by atoms with E-state index in [1.807, 2.05) is 17.0 Å². The molecule has 2 aromatic rings. The van der Waals surface area contributed by atoms with Crippen molar-refractivity contribution in [2.75, 3.05) is 47.0 Å². The van der Waals surface area contributed by atoms with Gasteiger partial charge in [-0.25, -0.2) is 9.18 Å². The van der Waals surface area contributed by atoms with Crippen LogP contribution in [0.2, 0.25) is 0 Å². The van der Waals surface area contributed by atoms with Gasteiger partial charge >= 0.3 is 6.09 Å². The third-order valence-corrected chi connectivity index (χ3v) is 6.14. The summed E-state index contributed by atoms with van der Waals surface area (Å²) in [5.74, 6) is -0.668. The smallest absolute Gasteiger partial charge is 0.414 e. The zero-order valence-electron chi connectivity index (χ0n) is 18.9. The third-order valence-electron chi connectivity index (χ3n) is 6.14. The van der Waals surface area contributed by atoms with Crippen LogP contribution in [0.4, 0.5) is 31.9 Å². The summed E-state index contributed by atoms with van der Waals surface area (Å²) in [4.78, 5) is 26.6. The number of nitrogen functional groups attached to an aromatic ring is 1. The highest BCUT2D eigenvalue weighted by molar-refractivity contribution is 5.90. The summed E-state index contributed by atoms with van der Waals surface area (Å²) in [5, 5.41) is 15.8. The van der Waals surface area contributed by atoms with Gasteiger partial charge < -0.3 is 26.0 Å². The number of piperidine rings is 1. The second kappa shape index (κ2) is 9.47. The molecule has 2 aliphatic heterocycles. The molecule has 34 heavy (non-hydrogen) atoms. The second-order valence-corrected chi connectivity index (χ2v) is 8.62. The van der Waals surface area contributed by atoms with E-state index in [0.717, 1.165) is 5.69 Å². The van der Waals surface area contributed by atoms with Crippen molar-refractivity contribution < 1.29 is 18.7 Å². The number of carbonyl (C=O) groups excluding carboxylic acids is 2. The lowest BCUT2D eigenvalue weighted by Crippen LogP contribution is -2.48. The molecule has 4 N–H and O–H groups in total. The minimum atomic E-state index is -0.761. The normalized spacial score (nSPS) is 19.3. The van der Waals surface area contributed by atoms with E-state index >= 15 is 4.39 Å². The SMILES string of the molecule is CC(=O)NC[C@H]1CN(c2ccc(N3CCC(C#N)(Nc4cccc(N)c4)CC3)c(F)c2)C(=O)O1. The lowest BCUT2D eigenvalue weighted by Gasteiger charge is -2.39. The van der Waals surface area contributed by atoms with Crippen LogP contribution in [0.5, 0.6) is 0 Å². The highest BCUT2D eigenvalue weighted by atomic mass is 19.1. The summed E-state index contributed by atoms with van der Waals surface area (Å²) in [6.45, 7) is 2.79. The van der Waals surface area contributed by atoms with Gasteiger partial charge in [0.2, 0.25) is 5.91 Å². The van der Waals surface area contributed by atoms with Crippen LogP contribution in [-0.2, 0) is 9.53 Å². The number of benzene rings is 2. The van der Waals surface area contributed by atoms with Crippen molar-refractivity contribution in [2.24, 2.45) is 0 Å². The molecule has 0 unspecified atom stereocenters. The number of nitrogens with two attached hydrogens (primary N) is 1. The maximum absolute atomic E-state index is 15.1. The van der Waals surface area contributed by atoms with Crippen molar-refractivity contribution in [2.45, 2.75) is 31.4 Å². The highest BCUT2D eigenvalue weighted by Crippen LogP contribution is 2.33. The molecular formula is C24H27FN6O3. The standard InChI is InChI=1S/C24H27FN6O3/c1-16(32)28-13-20-14-31(23(33)34-20)19-5-6-22(21(25)12-19)30-9-7-24(15-26,8-10-30)29-18-4-2-3-17(27)11-18/h2-6,11-12,20,29H,7-10,13-14,27H2,1H3,(H,28,32)/t20-/m0/s1. The molecule has 2 saturated heterocycles. The Labute approximate surface area is 197 Å². The van der Waals surface area contributed by atoms with E-state index in [0.29, 0.717) is 43.0 Å². The van der Waals surface area contributed by atoms with E-state index in [1.54, 1.807) is 24.3 Å². The van der Waals surface area contributed by atoms with Crippen molar-refractivity contribution in [3.8, 4) is 6.07 Å². The van der Waals surface area contributed by atoms with E-state index in [4.69, 9.17) is 10.5 Å². The first-order chi connectivity index (χ1) is 16.3. The molecular weight excluding hydrogens is 439 g/mol. The molecule has 2 amide bonds. The Morgan fingerprint density at radius 1 is 1.29 bits per heavy atom. The number of hydrogen-bond acceptors (Lipinski definition) is 7. The molecule has 0 spiro atoms. The maximum Gasteiger partial charge on any atom is 0.414 e. The zero-order valence-corrected chi connectivity index (χ0v) is 18.9. The number of cyclic esters (lactones) is 1. The van der Waals surface area contributed by atoms with Gasteiger partial charge in [0.05, 0.1) is 30.5 Å². The lowest BCUT2D eigenvalue weighted by molar-refractivity contribution is -0.119. The average molecular weight is 467 g/mol. The summed E-state index contributed by atoms with van der Waals surface area (Å²) in [7, 11) is 0. The molecule has 0 bridgehead atoms. The van der Waals surface area contributed by atoms with E-state index in [9.17, 15) is 14.9 Å². The minimum absolute atomic E-state index is 0.205. The van der Waals surface area contributed by atoms with Crippen molar-refractivity contribution in [3.05, 3.63) is 48.3 Å². The van der Waals surface area contributed by atoms with Gasteiger partial charge in [-0.05, 0) is 36.4 Å². The third kappa shape index (κ3) is 4.98. The van der Waals surface area contributed by atoms with Crippen LogP contribution in [0.3, 0.4) is 0 Å². The van der Waals surface area contributed by atoms with Crippen LogP contribution in [0.15, 0.2) is 42.5 Å². The first kappa shape index (κ1) is 23.2. The molecule has 2 aromatic carbocycles. The summed E-state index contributed by atoms with van der Waals surface area (Å²) < 4.78 is 20.3. The lowest BCUT2D eigenvalue weighted by atomic mass is 9.88. The Morgan fingerprint density at radius 2 is 2.06 bits per heavy atom. The number of ether oxygens (including phenoxy) is 1. The van der Waals surface area contributed by atoms with Gasteiger partial charge in [0.25, 0.3) is 0 Å². The summed E-state index contributed by atoms with van der Waals surface area (Å²) in [6.07, 6.45) is -0.0642. The zero-order chi connectivity index (χ0) is 24.3. The molecule has 0 saturated carbocycles. The topological polar surface area (TPSA) is 124 Å². The predicted molar refractivity (Wildman–Crippen MR) is 127 cm³/mol. The number of amides is 2. The molecule has 9 nitrogen and oxygen atoms in total. The van der Waals surface area contributed by atoms with E-state index in [-0.39, 0.29) is 19.0 Å². The van der Waals surface area contributed by atoms with Crippen LogP contribution >= 0.6 is 0 Å². The Bertz CT molecular complexity index is 1130.